The minimum absolute atomic E-state index is 0.171. The lowest BCUT2D eigenvalue weighted by atomic mass is 10.1. The van der Waals surface area contributed by atoms with Gasteiger partial charge in [-0.3, -0.25) is 14.4 Å². The third kappa shape index (κ3) is 3.14. The minimum atomic E-state index is -0.461. The van der Waals surface area contributed by atoms with E-state index in [2.05, 4.69) is 5.10 Å². The van der Waals surface area contributed by atoms with E-state index in [9.17, 15) is 9.18 Å². The van der Waals surface area contributed by atoms with Crippen molar-refractivity contribution in [1.29, 1.82) is 5.26 Å². The Morgan fingerprint density at radius 1 is 1.45 bits per heavy atom. The van der Waals surface area contributed by atoms with E-state index >= 15 is 0 Å². The highest BCUT2D eigenvalue weighted by atomic mass is 19.1. The van der Waals surface area contributed by atoms with E-state index in [1.807, 2.05) is 19.9 Å². The van der Waals surface area contributed by atoms with Crippen molar-refractivity contribution in [2.24, 2.45) is 7.05 Å². The Labute approximate surface area is 128 Å². The largest absolute Gasteiger partial charge is 0.293 e. The van der Waals surface area contributed by atoms with Gasteiger partial charge in [0.2, 0.25) is 0 Å². The molecule has 5 nitrogen and oxygen atoms in total. The van der Waals surface area contributed by atoms with Crippen molar-refractivity contribution in [2.75, 3.05) is 11.4 Å². The van der Waals surface area contributed by atoms with E-state index in [4.69, 9.17) is 5.26 Å². The second-order valence-electron chi connectivity index (χ2n) is 5.26. The van der Waals surface area contributed by atoms with E-state index in [0.717, 1.165) is 5.69 Å². The molecule has 0 saturated heterocycles. The van der Waals surface area contributed by atoms with Gasteiger partial charge in [0, 0.05) is 18.4 Å². The highest BCUT2D eigenvalue weighted by molar-refractivity contribution is 6.05. The van der Waals surface area contributed by atoms with Gasteiger partial charge in [-0.2, -0.15) is 10.4 Å². The van der Waals surface area contributed by atoms with Crippen LogP contribution < -0.4 is 4.90 Å². The first kappa shape index (κ1) is 15.7. The molecule has 0 bridgehead atoms. The molecule has 2 rings (SSSR count). The lowest BCUT2D eigenvalue weighted by Gasteiger charge is -2.18. The standard InChI is InChI=1S/C16H17FN4O/c1-11(2)15-10-14(19-20(15)3)16(22)21(8-7-18)13-6-4-5-12(17)9-13/h4-6,9-11H,8H2,1-3H3. The van der Waals surface area contributed by atoms with E-state index in [0.29, 0.717) is 5.69 Å². The lowest BCUT2D eigenvalue weighted by molar-refractivity contribution is 0.0984. The Kier molecular flexibility index (Phi) is 4.56. The molecule has 0 radical (unpaired) electrons. The van der Waals surface area contributed by atoms with E-state index in [1.165, 1.54) is 23.1 Å². The van der Waals surface area contributed by atoms with Gasteiger partial charge in [0.1, 0.15) is 12.4 Å². The lowest BCUT2D eigenvalue weighted by Crippen LogP contribution is -2.31. The highest BCUT2D eigenvalue weighted by Crippen LogP contribution is 2.20. The third-order valence-electron chi connectivity index (χ3n) is 3.32. The van der Waals surface area contributed by atoms with Gasteiger partial charge in [-0.1, -0.05) is 19.9 Å². The predicted molar refractivity (Wildman–Crippen MR) is 81.0 cm³/mol. The molecule has 6 heteroatoms. The van der Waals surface area contributed by atoms with Crippen molar-refractivity contribution >= 4 is 11.6 Å². The number of halogens is 1. The first-order chi connectivity index (χ1) is 10.4. The van der Waals surface area contributed by atoms with E-state index in [-0.39, 0.29) is 18.2 Å². The molecule has 0 saturated carbocycles. The normalized spacial score (nSPS) is 10.5. The Hall–Kier alpha value is -2.68. The smallest absolute Gasteiger partial charge is 0.279 e. The van der Waals surface area contributed by atoms with Crippen molar-refractivity contribution in [3.05, 3.63) is 47.5 Å². The van der Waals surface area contributed by atoms with Crippen LogP contribution in [0.5, 0.6) is 0 Å². The van der Waals surface area contributed by atoms with Crippen LogP contribution in [-0.4, -0.2) is 22.2 Å². The Balaban J connectivity index is 2.39. The molecule has 1 heterocycles. The molecule has 2 aromatic rings. The summed E-state index contributed by atoms with van der Waals surface area (Å²) >= 11 is 0. The van der Waals surface area contributed by atoms with Gasteiger partial charge in [0.15, 0.2) is 5.69 Å². The quantitative estimate of drug-likeness (QED) is 0.816. The fraction of sp³-hybridized carbons (Fsp3) is 0.312. The molecule has 0 spiro atoms. The number of hydrogen-bond donors (Lipinski definition) is 0. The third-order valence-corrected chi connectivity index (χ3v) is 3.32. The second kappa shape index (κ2) is 6.39. The number of nitrogens with zero attached hydrogens (tertiary/aromatic N) is 4. The van der Waals surface area contributed by atoms with Gasteiger partial charge in [-0.05, 0) is 30.2 Å². The maximum atomic E-state index is 13.4. The summed E-state index contributed by atoms with van der Waals surface area (Å²) in [5, 5.41) is 13.2. The summed E-state index contributed by atoms with van der Waals surface area (Å²) in [5.41, 5.74) is 1.49. The topological polar surface area (TPSA) is 61.9 Å². The molecule has 0 aliphatic heterocycles. The first-order valence-corrected chi connectivity index (χ1v) is 6.92. The summed E-state index contributed by atoms with van der Waals surface area (Å²) < 4.78 is 15.0. The molecule has 114 valence electrons. The summed E-state index contributed by atoms with van der Waals surface area (Å²) in [5.74, 6) is -0.663. The zero-order valence-corrected chi connectivity index (χ0v) is 12.7. The van der Waals surface area contributed by atoms with Crippen LogP contribution in [0.15, 0.2) is 30.3 Å². The van der Waals surface area contributed by atoms with Crippen LogP contribution in [-0.2, 0) is 7.05 Å². The monoisotopic (exact) mass is 300 g/mol. The fourth-order valence-corrected chi connectivity index (χ4v) is 2.26. The number of hydrogen-bond acceptors (Lipinski definition) is 3. The molecule has 0 N–H and O–H groups in total. The van der Waals surface area contributed by atoms with Crippen LogP contribution in [0.4, 0.5) is 10.1 Å². The summed E-state index contributed by atoms with van der Waals surface area (Å²) in [6, 6.07) is 9.23. The van der Waals surface area contributed by atoms with Gasteiger partial charge in [0.25, 0.3) is 5.91 Å². The van der Waals surface area contributed by atoms with Gasteiger partial charge in [-0.15, -0.1) is 0 Å². The zero-order valence-electron chi connectivity index (χ0n) is 12.7. The number of benzene rings is 1. The van der Waals surface area contributed by atoms with E-state index in [1.54, 1.807) is 23.9 Å². The van der Waals surface area contributed by atoms with Gasteiger partial charge < -0.3 is 0 Å². The van der Waals surface area contributed by atoms with E-state index < -0.39 is 11.7 Å². The molecule has 1 amide bonds. The van der Waals surface area contributed by atoms with Crippen molar-refractivity contribution in [3.8, 4) is 6.07 Å². The Morgan fingerprint density at radius 3 is 2.73 bits per heavy atom. The predicted octanol–water partition coefficient (Wildman–Crippen LogP) is 2.85. The highest BCUT2D eigenvalue weighted by Gasteiger charge is 2.22. The second-order valence-corrected chi connectivity index (χ2v) is 5.26. The molecular formula is C16H17FN4O. The Bertz CT molecular complexity index is 730. The van der Waals surface area contributed by atoms with Gasteiger partial charge in [0.05, 0.1) is 6.07 Å². The number of rotatable bonds is 4. The number of carbonyl (C=O) groups is 1. The van der Waals surface area contributed by atoms with Gasteiger partial charge in [-0.25, -0.2) is 4.39 Å². The number of anilines is 1. The van der Waals surface area contributed by atoms with Crippen LogP contribution in [0.25, 0.3) is 0 Å². The van der Waals surface area contributed by atoms with Gasteiger partial charge >= 0.3 is 0 Å². The summed E-state index contributed by atoms with van der Waals surface area (Å²) in [4.78, 5) is 13.8. The van der Waals surface area contributed by atoms with Crippen LogP contribution in [0, 0.1) is 17.1 Å². The van der Waals surface area contributed by atoms with Crippen molar-refractivity contribution in [3.63, 3.8) is 0 Å². The maximum absolute atomic E-state index is 13.4. The molecule has 0 unspecified atom stereocenters. The van der Waals surface area contributed by atoms with Crippen LogP contribution >= 0.6 is 0 Å². The number of carbonyl (C=O) groups excluding carboxylic acids is 1. The molecule has 0 aliphatic carbocycles. The average molecular weight is 300 g/mol. The minimum Gasteiger partial charge on any atom is -0.293 e. The maximum Gasteiger partial charge on any atom is 0.279 e. The van der Waals surface area contributed by atoms with Crippen molar-refractivity contribution in [1.82, 2.24) is 9.78 Å². The molecule has 22 heavy (non-hydrogen) atoms. The summed E-state index contributed by atoms with van der Waals surface area (Å²) in [6.07, 6.45) is 0. The van der Waals surface area contributed by atoms with Crippen LogP contribution in [0.3, 0.4) is 0 Å². The summed E-state index contributed by atoms with van der Waals surface area (Å²) in [7, 11) is 1.77. The Morgan fingerprint density at radius 2 is 2.18 bits per heavy atom. The SMILES string of the molecule is CC(C)c1cc(C(=O)N(CC#N)c2cccc(F)c2)nn1C. The fourth-order valence-electron chi connectivity index (χ4n) is 2.26. The molecular weight excluding hydrogens is 283 g/mol. The number of aromatic nitrogens is 2. The number of aryl methyl sites for hydroxylation is 1. The van der Waals surface area contributed by atoms with Crippen LogP contribution in [0.1, 0.15) is 35.9 Å². The van der Waals surface area contributed by atoms with Crippen LogP contribution in [0.2, 0.25) is 0 Å². The molecule has 0 atom stereocenters. The van der Waals surface area contributed by atoms with Crippen molar-refractivity contribution < 1.29 is 9.18 Å². The first-order valence-electron chi connectivity index (χ1n) is 6.92. The number of amides is 1. The molecule has 1 aromatic heterocycles. The molecule has 1 aromatic carbocycles. The zero-order chi connectivity index (χ0) is 16.3. The molecule has 0 aliphatic rings. The summed E-state index contributed by atoms with van der Waals surface area (Å²) in [6.45, 7) is 3.84. The molecule has 0 fully saturated rings. The van der Waals surface area contributed by atoms with Crippen molar-refractivity contribution in [2.45, 2.75) is 19.8 Å². The average Bonchev–Trinajstić information content (AvgIpc) is 2.86. The number of nitriles is 1.